The fourth-order valence-corrected chi connectivity index (χ4v) is 3.23. The fraction of sp³-hybridized carbons (Fsp3) is 0.538. The highest BCUT2D eigenvalue weighted by Crippen LogP contribution is 2.33. The Balaban J connectivity index is 2.12. The Bertz CT molecular complexity index is 472. The van der Waals surface area contributed by atoms with Crippen molar-refractivity contribution in [1.29, 1.82) is 0 Å². The molecule has 2 heterocycles. The third kappa shape index (κ3) is 2.96. The van der Waals surface area contributed by atoms with Gasteiger partial charge in [0.2, 0.25) is 5.91 Å². The van der Waals surface area contributed by atoms with Gasteiger partial charge in [-0.25, -0.2) is 4.79 Å². The Morgan fingerprint density at radius 1 is 1.58 bits per heavy atom. The predicted molar refractivity (Wildman–Crippen MR) is 73.3 cm³/mol. The highest BCUT2D eigenvalue weighted by Gasteiger charge is 2.36. The van der Waals surface area contributed by atoms with Crippen LogP contribution in [0.15, 0.2) is 11.4 Å². The molecule has 2 rings (SSSR count). The van der Waals surface area contributed by atoms with Crippen molar-refractivity contribution >= 4 is 23.2 Å². The zero-order valence-corrected chi connectivity index (χ0v) is 11.7. The molecular weight excluding hydrogens is 264 g/mol. The summed E-state index contributed by atoms with van der Waals surface area (Å²) in [5.74, 6) is -1.10. The van der Waals surface area contributed by atoms with Crippen LogP contribution in [0.3, 0.4) is 0 Å². The van der Waals surface area contributed by atoms with E-state index in [9.17, 15) is 14.7 Å². The first kappa shape index (κ1) is 14.0. The van der Waals surface area contributed by atoms with Crippen molar-refractivity contribution in [3.8, 4) is 0 Å². The first-order chi connectivity index (χ1) is 9.15. The number of nitrogens with one attached hydrogen (secondary N) is 1. The van der Waals surface area contributed by atoms with Crippen molar-refractivity contribution in [1.82, 2.24) is 10.2 Å². The van der Waals surface area contributed by atoms with Gasteiger partial charge >= 0.3 is 5.97 Å². The van der Waals surface area contributed by atoms with Crippen LogP contribution in [0, 0.1) is 0 Å². The van der Waals surface area contributed by atoms with Crippen molar-refractivity contribution in [3.63, 3.8) is 0 Å². The summed E-state index contributed by atoms with van der Waals surface area (Å²) < 4.78 is 0. The Morgan fingerprint density at radius 3 is 3.05 bits per heavy atom. The maximum Gasteiger partial charge on any atom is 0.331 e. The van der Waals surface area contributed by atoms with Crippen molar-refractivity contribution in [2.75, 3.05) is 19.6 Å². The molecule has 0 saturated heterocycles. The second kappa shape index (κ2) is 6.16. The molecule has 1 amide bonds. The van der Waals surface area contributed by atoms with Gasteiger partial charge in [0, 0.05) is 11.4 Å². The van der Waals surface area contributed by atoms with Crippen LogP contribution < -0.4 is 5.32 Å². The van der Waals surface area contributed by atoms with Crippen LogP contribution in [0.2, 0.25) is 0 Å². The molecule has 0 spiro atoms. The second-order valence-electron chi connectivity index (χ2n) is 4.55. The lowest BCUT2D eigenvalue weighted by atomic mass is 10.00. The monoisotopic (exact) mass is 282 g/mol. The third-order valence-electron chi connectivity index (χ3n) is 3.22. The molecule has 19 heavy (non-hydrogen) atoms. The molecule has 6 heteroatoms. The number of carboxylic acids is 1. The number of carbonyl (C=O) groups is 2. The van der Waals surface area contributed by atoms with Crippen LogP contribution in [0.25, 0.3) is 0 Å². The number of carboxylic acid groups (broad SMARTS) is 1. The van der Waals surface area contributed by atoms with E-state index in [0.717, 1.165) is 29.8 Å². The van der Waals surface area contributed by atoms with Gasteiger partial charge in [0.05, 0.1) is 6.54 Å². The van der Waals surface area contributed by atoms with E-state index < -0.39 is 12.0 Å². The number of hydrogen-bond acceptors (Lipinski definition) is 4. The third-order valence-corrected chi connectivity index (χ3v) is 4.22. The number of fused-ring (bicyclic) bond motifs is 1. The van der Waals surface area contributed by atoms with Crippen LogP contribution in [-0.2, 0) is 16.0 Å². The number of rotatable bonds is 5. The van der Waals surface area contributed by atoms with E-state index in [4.69, 9.17) is 0 Å². The van der Waals surface area contributed by atoms with E-state index in [1.807, 2.05) is 18.4 Å². The van der Waals surface area contributed by atoms with E-state index in [1.165, 1.54) is 4.90 Å². The van der Waals surface area contributed by atoms with Gasteiger partial charge < -0.3 is 15.3 Å². The van der Waals surface area contributed by atoms with Gasteiger partial charge in [0.25, 0.3) is 0 Å². The minimum Gasteiger partial charge on any atom is -0.479 e. The number of aliphatic carboxylic acids is 1. The number of hydrogen-bond donors (Lipinski definition) is 2. The molecule has 0 aromatic carbocycles. The molecule has 0 bridgehead atoms. The summed E-state index contributed by atoms with van der Waals surface area (Å²) in [6, 6.07) is 0.989. The molecular formula is C13H18N2O3S. The predicted octanol–water partition coefficient (Wildman–Crippen LogP) is 1.26. The summed E-state index contributed by atoms with van der Waals surface area (Å²) >= 11 is 1.56. The number of carbonyl (C=O) groups excluding carboxylic acids is 1. The Kier molecular flexibility index (Phi) is 4.55. The van der Waals surface area contributed by atoms with Crippen molar-refractivity contribution in [2.45, 2.75) is 25.8 Å². The van der Waals surface area contributed by atoms with E-state index in [1.54, 1.807) is 11.3 Å². The van der Waals surface area contributed by atoms with E-state index >= 15 is 0 Å². The summed E-state index contributed by atoms with van der Waals surface area (Å²) in [7, 11) is 0. The molecule has 1 unspecified atom stereocenters. The van der Waals surface area contributed by atoms with Crippen LogP contribution >= 0.6 is 11.3 Å². The summed E-state index contributed by atoms with van der Waals surface area (Å²) in [6.07, 6.45) is 1.70. The lowest BCUT2D eigenvalue weighted by molar-refractivity contribution is -0.150. The van der Waals surface area contributed by atoms with E-state index in [2.05, 4.69) is 5.32 Å². The molecule has 0 fully saturated rings. The van der Waals surface area contributed by atoms with Gasteiger partial charge in [-0.2, -0.15) is 0 Å². The molecule has 1 aromatic rings. The summed E-state index contributed by atoms with van der Waals surface area (Å²) in [6.45, 7) is 3.48. The molecule has 5 nitrogen and oxygen atoms in total. The summed E-state index contributed by atoms with van der Waals surface area (Å²) in [5, 5.41) is 14.3. The molecule has 0 saturated carbocycles. The standard InChI is InChI=1S/C13H18N2O3S/c1-2-5-14-8-11(16)15-6-3-10-9(4-7-19-10)12(15)13(17)18/h4,7,12,14H,2-3,5-6,8H2,1H3,(H,17,18). The molecule has 2 N–H and O–H groups in total. The van der Waals surface area contributed by atoms with Crippen LogP contribution in [0.1, 0.15) is 29.8 Å². The lowest BCUT2D eigenvalue weighted by Crippen LogP contribution is -2.46. The second-order valence-corrected chi connectivity index (χ2v) is 5.55. The maximum atomic E-state index is 12.1. The first-order valence-corrected chi connectivity index (χ1v) is 7.32. The van der Waals surface area contributed by atoms with Crippen LogP contribution in [0.4, 0.5) is 0 Å². The largest absolute Gasteiger partial charge is 0.479 e. The van der Waals surface area contributed by atoms with Gasteiger partial charge in [-0.3, -0.25) is 4.79 Å². The summed E-state index contributed by atoms with van der Waals surface area (Å²) in [5.41, 5.74) is 0.771. The highest BCUT2D eigenvalue weighted by molar-refractivity contribution is 7.10. The van der Waals surface area contributed by atoms with Crippen LogP contribution in [0.5, 0.6) is 0 Å². The zero-order valence-electron chi connectivity index (χ0n) is 10.9. The molecule has 1 atom stereocenters. The molecule has 1 aliphatic heterocycles. The van der Waals surface area contributed by atoms with E-state index in [0.29, 0.717) is 6.54 Å². The number of amides is 1. The average molecular weight is 282 g/mol. The SMILES string of the molecule is CCCNCC(=O)N1CCc2sccc2C1C(=O)O. The maximum absolute atomic E-state index is 12.1. The summed E-state index contributed by atoms with van der Waals surface area (Å²) in [4.78, 5) is 26.1. The Morgan fingerprint density at radius 2 is 2.37 bits per heavy atom. The van der Waals surface area contributed by atoms with Gasteiger partial charge in [-0.05, 0) is 36.4 Å². The minimum absolute atomic E-state index is 0.141. The Labute approximate surface area is 116 Å². The fourth-order valence-electron chi connectivity index (χ4n) is 2.33. The average Bonchev–Trinajstić information content (AvgIpc) is 2.85. The molecule has 104 valence electrons. The Hall–Kier alpha value is -1.40. The van der Waals surface area contributed by atoms with Gasteiger partial charge in [-0.1, -0.05) is 6.92 Å². The van der Waals surface area contributed by atoms with Gasteiger partial charge in [-0.15, -0.1) is 11.3 Å². The highest BCUT2D eigenvalue weighted by atomic mass is 32.1. The quantitative estimate of drug-likeness (QED) is 0.798. The topological polar surface area (TPSA) is 69.6 Å². The lowest BCUT2D eigenvalue weighted by Gasteiger charge is -2.33. The first-order valence-electron chi connectivity index (χ1n) is 6.44. The van der Waals surface area contributed by atoms with Crippen LogP contribution in [-0.4, -0.2) is 41.5 Å². The normalized spacial score (nSPS) is 18.2. The molecule has 0 radical (unpaired) electrons. The smallest absolute Gasteiger partial charge is 0.331 e. The molecule has 1 aromatic heterocycles. The van der Waals surface area contributed by atoms with E-state index in [-0.39, 0.29) is 12.5 Å². The minimum atomic E-state index is -0.955. The van der Waals surface area contributed by atoms with Gasteiger partial charge in [0.1, 0.15) is 0 Å². The van der Waals surface area contributed by atoms with Gasteiger partial charge in [0.15, 0.2) is 6.04 Å². The van der Waals surface area contributed by atoms with Crippen molar-refractivity contribution < 1.29 is 14.7 Å². The van der Waals surface area contributed by atoms with Crippen molar-refractivity contribution in [2.24, 2.45) is 0 Å². The molecule has 1 aliphatic rings. The van der Waals surface area contributed by atoms with Crippen molar-refractivity contribution in [3.05, 3.63) is 21.9 Å². The zero-order chi connectivity index (χ0) is 13.8. The number of thiophene rings is 1. The number of nitrogens with zero attached hydrogens (tertiary/aromatic N) is 1. The molecule has 0 aliphatic carbocycles.